The number of urea groups is 1. The molecule has 2 aromatic carbocycles. The molecule has 0 saturated heterocycles. The Labute approximate surface area is 153 Å². The van der Waals surface area contributed by atoms with Crippen molar-refractivity contribution >= 4 is 23.3 Å². The van der Waals surface area contributed by atoms with E-state index in [0.29, 0.717) is 35.0 Å². The molecule has 0 aromatic heterocycles. The van der Waals surface area contributed by atoms with Gasteiger partial charge in [0.25, 0.3) is 0 Å². The van der Waals surface area contributed by atoms with Crippen LogP contribution in [0.3, 0.4) is 0 Å². The molecule has 2 aromatic rings. The summed E-state index contributed by atoms with van der Waals surface area (Å²) < 4.78 is 0. The molecule has 2 aliphatic rings. The minimum absolute atomic E-state index is 0.190. The number of carbonyl (C=O) groups is 1. The summed E-state index contributed by atoms with van der Waals surface area (Å²) in [4.78, 5) is 12.3. The van der Waals surface area contributed by atoms with Gasteiger partial charge >= 0.3 is 6.03 Å². The second-order valence-electron chi connectivity index (χ2n) is 7.11. The van der Waals surface area contributed by atoms with E-state index in [0.717, 1.165) is 0 Å². The average molecular weight is 355 g/mol. The Morgan fingerprint density at radius 3 is 2.56 bits per heavy atom. The third kappa shape index (κ3) is 3.25. The molecule has 25 heavy (non-hydrogen) atoms. The lowest BCUT2D eigenvalue weighted by Crippen LogP contribution is -2.34. The van der Waals surface area contributed by atoms with E-state index in [2.05, 4.69) is 34.9 Å². The number of carbonyl (C=O) groups excluding carboxylic acids is 1. The fraction of sp³-hybridized carbons (Fsp3) is 0.381. The van der Waals surface area contributed by atoms with Gasteiger partial charge < -0.3 is 10.6 Å². The average Bonchev–Trinajstić information content (AvgIpc) is 2.96. The third-order valence-corrected chi connectivity index (χ3v) is 6.07. The number of anilines is 1. The van der Waals surface area contributed by atoms with Crippen molar-refractivity contribution in [3.63, 3.8) is 0 Å². The molecule has 2 N–H and O–H groups in total. The first-order valence-corrected chi connectivity index (χ1v) is 9.50. The highest BCUT2D eigenvalue weighted by atomic mass is 35.5. The predicted octanol–water partition coefficient (Wildman–Crippen LogP) is 5.53. The van der Waals surface area contributed by atoms with Crippen LogP contribution >= 0.6 is 11.6 Å². The molecule has 2 amide bonds. The second kappa shape index (κ2) is 7.09. The lowest BCUT2D eigenvalue weighted by Gasteiger charge is -2.30. The van der Waals surface area contributed by atoms with Gasteiger partial charge in [-0.3, -0.25) is 0 Å². The highest BCUT2D eigenvalue weighted by molar-refractivity contribution is 6.33. The van der Waals surface area contributed by atoms with Gasteiger partial charge in [0.1, 0.15) is 0 Å². The molecular formula is C21H23ClN2O. The van der Waals surface area contributed by atoms with E-state index < -0.39 is 0 Å². The zero-order valence-electron chi connectivity index (χ0n) is 14.2. The quantitative estimate of drug-likeness (QED) is 0.747. The SMILES string of the molecule is O=C(NCC1c2ccccc2[C@H]2CCCC[C@@H]12)Nc1ccccc1Cl. The van der Waals surface area contributed by atoms with Gasteiger partial charge in [0.05, 0.1) is 10.7 Å². The molecule has 2 aliphatic carbocycles. The maximum absolute atomic E-state index is 12.3. The van der Waals surface area contributed by atoms with E-state index in [-0.39, 0.29) is 6.03 Å². The number of rotatable bonds is 3. The summed E-state index contributed by atoms with van der Waals surface area (Å²) in [7, 11) is 0. The van der Waals surface area contributed by atoms with Crippen molar-refractivity contribution in [2.75, 3.05) is 11.9 Å². The molecule has 0 aliphatic heterocycles. The van der Waals surface area contributed by atoms with Crippen molar-refractivity contribution < 1.29 is 4.79 Å². The first-order chi connectivity index (χ1) is 12.2. The third-order valence-electron chi connectivity index (χ3n) is 5.74. The Hall–Kier alpha value is -2.00. The van der Waals surface area contributed by atoms with Crippen molar-refractivity contribution in [2.45, 2.75) is 37.5 Å². The summed E-state index contributed by atoms with van der Waals surface area (Å²) in [5.41, 5.74) is 3.58. The Bertz CT molecular complexity index is 776. The van der Waals surface area contributed by atoms with Crippen molar-refractivity contribution in [3.8, 4) is 0 Å². The van der Waals surface area contributed by atoms with E-state index >= 15 is 0 Å². The Morgan fingerprint density at radius 1 is 1.00 bits per heavy atom. The number of benzene rings is 2. The first-order valence-electron chi connectivity index (χ1n) is 9.12. The zero-order chi connectivity index (χ0) is 17.2. The van der Waals surface area contributed by atoms with Crippen LogP contribution in [0.4, 0.5) is 10.5 Å². The molecule has 3 atom stereocenters. The van der Waals surface area contributed by atoms with Gasteiger partial charge in [0, 0.05) is 12.5 Å². The largest absolute Gasteiger partial charge is 0.337 e. The number of fused-ring (bicyclic) bond motifs is 3. The van der Waals surface area contributed by atoms with Crippen LogP contribution in [0.25, 0.3) is 0 Å². The second-order valence-corrected chi connectivity index (χ2v) is 7.51. The summed E-state index contributed by atoms with van der Waals surface area (Å²) >= 11 is 6.11. The van der Waals surface area contributed by atoms with Crippen LogP contribution in [0.2, 0.25) is 5.02 Å². The number of hydrogen-bond acceptors (Lipinski definition) is 1. The monoisotopic (exact) mass is 354 g/mol. The summed E-state index contributed by atoms with van der Waals surface area (Å²) in [5, 5.41) is 6.47. The van der Waals surface area contributed by atoms with Gasteiger partial charge in [-0.1, -0.05) is 60.8 Å². The van der Waals surface area contributed by atoms with Crippen molar-refractivity contribution in [2.24, 2.45) is 5.92 Å². The number of nitrogens with one attached hydrogen (secondary N) is 2. The molecule has 3 nitrogen and oxygen atoms in total. The molecule has 1 unspecified atom stereocenters. The Balaban J connectivity index is 1.45. The molecule has 0 spiro atoms. The van der Waals surface area contributed by atoms with Crippen LogP contribution in [0.1, 0.15) is 48.6 Å². The van der Waals surface area contributed by atoms with Gasteiger partial charge in [-0.15, -0.1) is 0 Å². The molecule has 130 valence electrons. The fourth-order valence-corrected chi connectivity index (χ4v) is 4.82. The van der Waals surface area contributed by atoms with Gasteiger partial charge in [-0.25, -0.2) is 4.79 Å². The van der Waals surface area contributed by atoms with E-state index in [1.165, 1.54) is 36.8 Å². The smallest absolute Gasteiger partial charge is 0.319 e. The van der Waals surface area contributed by atoms with Gasteiger partial charge in [0.2, 0.25) is 0 Å². The predicted molar refractivity (Wildman–Crippen MR) is 102 cm³/mol. The van der Waals surface area contributed by atoms with Crippen molar-refractivity contribution in [1.29, 1.82) is 0 Å². The highest BCUT2D eigenvalue weighted by Crippen LogP contribution is 2.52. The molecule has 4 rings (SSSR count). The lowest BCUT2D eigenvalue weighted by molar-refractivity contribution is 0.246. The molecule has 0 radical (unpaired) electrons. The minimum Gasteiger partial charge on any atom is -0.337 e. The van der Waals surface area contributed by atoms with Crippen molar-refractivity contribution in [3.05, 3.63) is 64.7 Å². The van der Waals surface area contributed by atoms with Crippen LogP contribution in [0, 0.1) is 5.92 Å². The van der Waals surface area contributed by atoms with Gasteiger partial charge in [-0.05, 0) is 47.9 Å². The van der Waals surface area contributed by atoms with Crippen LogP contribution in [0.15, 0.2) is 48.5 Å². The number of amides is 2. The summed E-state index contributed by atoms with van der Waals surface area (Å²) in [6, 6.07) is 15.9. The molecular weight excluding hydrogens is 332 g/mol. The van der Waals surface area contributed by atoms with Crippen LogP contribution in [-0.4, -0.2) is 12.6 Å². The summed E-state index contributed by atoms with van der Waals surface area (Å²) in [6.45, 7) is 0.675. The zero-order valence-corrected chi connectivity index (χ0v) is 14.9. The molecule has 1 fully saturated rings. The van der Waals surface area contributed by atoms with Crippen LogP contribution in [0.5, 0.6) is 0 Å². The van der Waals surface area contributed by atoms with E-state index in [4.69, 9.17) is 11.6 Å². The fourth-order valence-electron chi connectivity index (χ4n) is 4.64. The summed E-state index contributed by atoms with van der Waals surface area (Å²) in [5.74, 6) is 1.74. The van der Waals surface area contributed by atoms with E-state index in [1.54, 1.807) is 6.07 Å². The molecule has 0 heterocycles. The minimum atomic E-state index is -0.190. The van der Waals surface area contributed by atoms with Crippen molar-refractivity contribution in [1.82, 2.24) is 5.32 Å². The standard InChI is InChI=1S/C21H23ClN2O/c22-19-11-5-6-12-20(19)24-21(25)23-13-18-16-9-3-1-7-14(16)15-8-2-4-10-17(15)18/h1,3,5-7,9,11-12,15,17-18H,2,4,8,10,13H2,(H2,23,24,25)/t15-,17-,18?/m1/s1. The molecule has 0 bridgehead atoms. The Kier molecular flexibility index (Phi) is 4.67. The van der Waals surface area contributed by atoms with E-state index in [9.17, 15) is 4.79 Å². The highest BCUT2D eigenvalue weighted by Gasteiger charge is 2.41. The van der Waals surface area contributed by atoms with Gasteiger partial charge in [0.15, 0.2) is 0 Å². The van der Waals surface area contributed by atoms with Crippen LogP contribution < -0.4 is 10.6 Å². The number of para-hydroxylation sites is 1. The maximum atomic E-state index is 12.3. The topological polar surface area (TPSA) is 41.1 Å². The van der Waals surface area contributed by atoms with Gasteiger partial charge in [-0.2, -0.15) is 0 Å². The van der Waals surface area contributed by atoms with E-state index in [1.807, 2.05) is 18.2 Å². The lowest BCUT2D eigenvalue weighted by atomic mass is 9.76. The normalized spacial score (nSPS) is 24.3. The first kappa shape index (κ1) is 16.5. The van der Waals surface area contributed by atoms with Crippen LogP contribution in [-0.2, 0) is 0 Å². The molecule has 4 heteroatoms. The summed E-state index contributed by atoms with van der Waals surface area (Å²) in [6.07, 6.45) is 5.17. The number of halogens is 1. The molecule has 1 saturated carbocycles. The maximum Gasteiger partial charge on any atom is 0.319 e. The number of hydrogen-bond donors (Lipinski definition) is 2. The Morgan fingerprint density at radius 2 is 1.72 bits per heavy atom.